The van der Waals surface area contributed by atoms with Gasteiger partial charge in [0.05, 0.1) is 5.54 Å². The quantitative estimate of drug-likeness (QED) is 0.819. The zero-order valence-corrected chi connectivity index (χ0v) is 12.6. The molecule has 0 bridgehead atoms. The molecule has 0 fully saturated rings. The number of rotatable bonds is 7. The molecule has 0 spiro atoms. The van der Waals surface area contributed by atoms with E-state index < -0.39 is 5.54 Å². The number of benzene rings is 1. The van der Waals surface area contributed by atoms with E-state index in [1.165, 1.54) is 5.56 Å². The Morgan fingerprint density at radius 3 is 2.37 bits per heavy atom. The Balaban J connectivity index is 2.79. The highest BCUT2D eigenvalue weighted by molar-refractivity contribution is 5.85. The van der Waals surface area contributed by atoms with Crippen LogP contribution in [0.1, 0.15) is 39.7 Å². The van der Waals surface area contributed by atoms with E-state index in [-0.39, 0.29) is 5.91 Å². The van der Waals surface area contributed by atoms with Crippen LogP contribution in [0.25, 0.3) is 0 Å². The van der Waals surface area contributed by atoms with Gasteiger partial charge in [-0.05, 0) is 32.4 Å². The third-order valence-electron chi connectivity index (χ3n) is 3.15. The van der Waals surface area contributed by atoms with E-state index >= 15 is 0 Å². The molecule has 0 aliphatic carbocycles. The molecule has 3 heteroatoms. The van der Waals surface area contributed by atoms with Gasteiger partial charge in [-0.25, -0.2) is 0 Å². The molecular formula is C16H26N2O. The lowest BCUT2D eigenvalue weighted by Gasteiger charge is -2.32. The second-order valence-corrected chi connectivity index (χ2v) is 5.37. The van der Waals surface area contributed by atoms with Crippen LogP contribution >= 0.6 is 0 Å². The Morgan fingerprint density at radius 2 is 1.84 bits per heavy atom. The maximum absolute atomic E-state index is 12.6. The Morgan fingerprint density at radius 1 is 1.21 bits per heavy atom. The smallest absolute Gasteiger partial charge is 0.242 e. The van der Waals surface area contributed by atoms with Crippen molar-refractivity contribution in [3.05, 3.63) is 35.9 Å². The van der Waals surface area contributed by atoms with Gasteiger partial charge in [0, 0.05) is 13.1 Å². The summed E-state index contributed by atoms with van der Waals surface area (Å²) in [7, 11) is 0. The third-order valence-corrected chi connectivity index (χ3v) is 3.15. The molecule has 1 aromatic rings. The number of carbonyl (C=O) groups excluding carboxylic acids is 1. The second kappa shape index (κ2) is 7.29. The second-order valence-electron chi connectivity index (χ2n) is 5.37. The van der Waals surface area contributed by atoms with E-state index in [0.29, 0.717) is 6.54 Å². The van der Waals surface area contributed by atoms with E-state index in [1.54, 1.807) is 0 Å². The Labute approximate surface area is 117 Å². The van der Waals surface area contributed by atoms with Crippen molar-refractivity contribution in [3.8, 4) is 0 Å². The Hall–Kier alpha value is -1.35. The summed E-state index contributed by atoms with van der Waals surface area (Å²) in [6.45, 7) is 10.3. The van der Waals surface area contributed by atoms with Gasteiger partial charge in [-0.2, -0.15) is 0 Å². The van der Waals surface area contributed by atoms with Crippen LogP contribution in [-0.2, 0) is 11.3 Å². The van der Waals surface area contributed by atoms with Crippen molar-refractivity contribution in [1.82, 2.24) is 10.2 Å². The number of nitrogens with one attached hydrogen (secondary N) is 1. The molecule has 1 amide bonds. The van der Waals surface area contributed by atoms with Crippen molar-refractivity contribution in [3.63, 3.8) is 0 Å². The summed E-state index contributed by atoms with van der Waals surface area (Å²) >= 11 is 0. The molecule has 19 heavy (non-hydrogen) atoms. The van der Waals surface area contributed by atoms with Gasteiger partial charge in [-0.1, -0.05) is 44.2 Å². The highest BCUT2D eigenvalue weighted by atomic mass is 16.2. The topological polar surface area (TPSA) is 32.3 Å². The van der Waals surface area contributed by atoms with E-state index in [9.17, 15) is 4.79 Å². The van der Waals surface area contributed by atoms with Crippen LogP contribution in [0.15, 0.2) is 30.3 Å². The Kier molecular flexibility index (Phi) is 6.03. The van der Waals surface area contributed by atoms with Gasteiger partial charge in [-0.3, -0.25) is 4.79 Å². The standard InChI is InChI=1S/C16H26N2O/c1-5-12-18(13-14-10-8-7-9-11-14)15(19)16(3,4)17-6-2/h7-11,17H,5-6,12-13H2,1-4H3. The molecule has 0 saturated carbocycles. The first-order valence-corrected chi connectivity index (χ1v) is 7.09. The minimum absolute atomic E-state index is 0.167. The van der Waals surface area contributed by atoms with Crippen LogP contribution in [0.5, 0.6) is 0 Å². The van der Waals surface area contributed by atoms with Gasteiger partial charge in [0.25, 0.3) is 0 Å². The predicted octanol–water partition coefficient (Wildman–Crippen LogP) is 2.81. The summed E-state index contributed by atoms with van der Waals surface area (Å²) in [6, 6.07) is 10.2. The monoisotopic (exact) mass is 262 g/mol. The zero-order valence-electron chi connectivity index (χ0n) is 12.6. The van der Waals surface area contributed by atoms with Crippen LogP contribution in [0.4, 0.5) is 0 Å². The largest absolute Gasteiger partial charge is 0.337 e. The maximum Gasteiger partial charge on any atom is 0.242 e. The van der Waals surface area contributed by atoms with Crippen molar-refractivity contribution in [2.75, 3.05) is 13.1 Å². The molecule has 0 saturated heterocycles. The first-order chi connectivity index (χ1) is 9.01. The summed E-state index contributed by atoms with van der Waals surface area (Å²) in [4.78, 5) is 14.6. The molecule has 0 radical (unpaired) electrons. The van der Waals surface area contributed by atoms with E-state index in [4.69, 9.17) is 0 Å². The van der Waals surface area contributed by atoms with Crippen molar-refractivity contribution < 1.29 is 4.79 Å². The van der Waals surface area contributed by atoms with Crippen molar-refractivity contribution >= 4 is 5.91 Å². The number of hydrogen-bond donors (Lipinski definition) is 1. The average Bonchev–Trinajstić information content (AvgIpc) is 2.38. The lowest BCUT2D eigenvalue weighted by atomic mass is 10.0. The maximum atomic E-state index is 12.6. The van der Waals surface area contributed by atoms with Crippen LogP contribution < -0.4 is 5.32 Å². The molecule has 1 rings (SSSR count). The number of likely N-dealkylation sites (N-methyl/N-ethyl adjacent to an activating group) is 1. The third kappa shape index (κ3) is 4.67. The van der Waals surface area contributed by atoms with Crippen molar-refractivity contribution in [2.24, 2.45) is 0 Å². The highest BCUT2D eigenvalue weighted by Crippen LogP contribution is 2.12. The predicted molar refractivity (Wildman–Crippen MR) is 79.9 cm³/mol. The SMILES string of the molecule is CCCN(Cc1ccccc1)C(=O)C(C)(C)NCC. The first kappa shape index (κ1) is 15.7. The van der Waals surface area contributed by atoms with Crippen molar-refractivity contribution in [2.45, 2.75) is 46.2 Å². The van der Waals surface area contributed by atoms with Gasteiger partial charge in [0.1, 0.15) is 0 Å². The minimum Gasteiger partial charge on any atom is -0.337 e. The fraction of sp³-hybridized carbons (Fsp3) is 0.562. The van der Waals surface area contributed by atoms with Gasteiger partial charge >= 0.3 is 0 Å². The number of amides is 1. The molecule has 0 aliphatic rings. The highest BCUT2D eigenvalue weighted by Gasteiger charge is 2.30. The molecule has 0 atom stereocenters. The van der Waals surface area contributed by atoms with E-state index in [1.807, 2.05) is 43.9 Å². The summed E-state index contributed by atoms with van der Waals surface area (Å²) in [6.07, 6.45) is 0.973. The van der Waals surface area contributed by atoms with Gasteiger partial charge in [0.15, 0.2) is 0 Å². The lowest BCUT2D eigenvalue weighted by Crippen LogP contribution is -2.54. The summed E-state index contributed by atoms with van der Waals surface area (Å²) in [5.74, 6) is 0.167. The molecule has 0 aliphatic heterocycles. The molecule has 0 aromatic heterocycles. The van der Waals surface area contributed by atoms with Crippen LogP contribution in [-0.4, -0.2) is 29.4 Å². The molecule has 3 nitrogen and oxygen atoms in total. The summed E-state index contributed by atoms with van der Waals surface area (Å²) < 4.78 is 0. The molecule has 0 heterocycles. The van der Waals surface area contributed by atoms with Crippen molar-refractivity contribution in [1.29, 1.82) is 0 Å². The Bertz CT molecular complexity index is 387. The van der Waals surface area contributed by atoms with Gasteiger partial charge in [-0.15, -0.1) is 0 Å². The zero-order chi connectivity index (χ0) is 14.3. The molecule has 1 N–H and O–H groups in total. The lowest BCUT2D eigenvalue weighted by molar-refractivity contribution is -0.137. The number of carbonyl (C=O) groups is 1. The van der Waals surface area contributed by atoms with E-state index in [2.05, 4.69) is 24.4 Å². The van der Waals surface area contributed by atoms with Crippen LogP contribution in [0.3, 0.4) is 0 Å². The molecular weight excluding hydrogens is 236 g/mol. The first-order valence-electron chi connectivity index (χ1n) is 7.09. The van der Waals surface area contributed by atoms with Crippen LogP contribution in [0.2, 0.25) is 0 Å². The molecule has 0 unspecified atom stereocenters. The summed E-state index contributed by atoms with van der Waals surface area (Å²) in [5.41, 5.74) is 0.676. The molecule has 106 valence electrons. The van der Waals surface area contributed by atoms with Gasteiger partial charge in [0.2, 0.25) is 5.91 Å². The average molecular weight is 262 g/mol. The van der Waals surface area contributed by atoms with E-state index in [0.717, 1.165) is 19.5 Å². The molecule has 1 aromatic carbocycles. The van der Waals surface area contributed by atoms with Crippen LogP contribution in [0, 0.1) is 0 Å². The minimum atomic E-state index is -0.501. The van der Waals surface area contributed by atoms with Gasteiger partial charge < -0.3 is 10.2 Å². The summed E-state index contributed by atoms with van der Waals surface area (Å²) in [5, 5.41) is 3.26. The fourth-order valence-electron chi connectivity index (χ4n) is 2.24. The number of nitrogens with zero attached hydrogens (tertiary/aromatic N) is 1. The fourth-order valence-corrected chi connectivity index (χ4v) is 2.24. The normalized spacial score (nSPS) is 11.4. The number of hydrogen-bond acceptors (Lipinski definition) is 2.